The van der Waals surface area contributed by atoms with Crippen molar-refractivity contribution < 1.29 is 20.1 Å². The Bertz CT molecular complexity index is 931. The fraction of sp³-hybridized carbons (Fsp3) is 0.350. The topological polar surface area (TPSA) is 110 Å². The molecule has 5 N–H and O–H groups in total. The van der Waals surface area contributed by atoms with Crippen LogP contribution in [0.25, 0.3) is 0 Å². The molecule has 0 saturated heterocycles. The van der Waals surface area contributed by atoms with Crippen molar-refractivity contribution in [3.63, 3.8) is 0 Å². The summed E-state index contributed by atoms with van der Waals surface area (Å²) in [5.41, 5.74) is 1.92. The van der Waals surface area contributed by atoms with Crippen LogP contribution in [0.1, 0.15) is 36.5 Å². The standard InChI is InChI=1S/C20H26N4O4/c1-4-24-19(27)15(21-12-8-5-6-9-12)16(20(24)28)22-14-11-7-10-13(17(14)25)18(26)23(2)3/h7-8,10-11,21-22,25,27-28H,4-6,9H2,1-3H3. The first-order valence-electron chi connectivity index (χ1n) is 9.26. The normalized spacial score (nSPS) is 13.3. The van der Waals surface area contributed by atoms with Gasteiger partial charge in [0.25, 0.3) is 5.91 Å². The first-order chi connectivity index (χ1) is 13.3. The average Bonchev–Trinajstić information content (AvgIpc) is 3.25. The van der Waals surface area contributed by atoms with Gasteiger partial charge in [-0.25, -0.2) is 0 Å². The predicted molar refractivity (Wildman–Crippen MR) is 108 cm³/mol. The van der Waals surface area contributed by atoms with Crippen LogP contribution >= 0.6 is 0 Å². The van der Waals surface area contributed by atoms with E-state index in [-0.39, 0.29) is 40.4 Å². The first kappa shape index (κ1) is 19.5. The fourth-order valence-corrected chi connectivity index (χ4v) is 3.27. The number of carbonyl (C=O) groups is 1. The van der Waals surface area contributed by atoms with E-state index in [1.807, 2.05) is 0 Å². The summed E-state index contributed by atoms with van der Waals surface area (Å²) in [6.07, 6.45) is 4.90. The van der Waals surface area contributed by atoms with Crippen LogP contribution in [0.15, 0.2) is 30.0 Å². The Hall–Kier alpha value is -3.29. The van der Waals surface area contributed by atoms with Crippen LogP contribution in [0.2, 0.25) is 0 Å². The van der Waals surface area contributed by atoms with Gasteiger partial charge in [0.2, 0.25) is 11.8 Å². The molecule has 1 aromatic carbocycles. The van der Waals surface area contributed by atoms with Crippen LogP contribution in [0, 0.1) is 0 Å². The predicted octanol–water partition coefficient (Wildman–Crippen LogP) is 3.55. The monoisotopic (exact) mass is 386 g/mol. The van der Waals surface area contributed by atoms with Crippen LogP contribution in [0.4, 0.5) is 17.1 Å². The number of hydrogen-bond donors (Lipinski definition) is 5. The van der Waals surface area contributed by atoms with Crippen molar-refractivity contribution in [2.75, 3.05) is 24.7 Å². The van der Waals surface area contributed by atoms with E-state index >= 15 is 0 Å². The third-order valence-electron chi connectivity index (χ3n) is 4.78. The highest BCUT2D eigenvalue weighted by molar-refractivity contribution is 5.99. The fourth-order valence-electron chi connectivity index (χ4n) is 3.27. The number of aromatic hydroxyl groups is 3. The second-order valence-corrected chi connectivity index (χ2v) is 6.91. The number of allylic oxidation sites excluding steroid dienone is 2. The molecule has 0 spiro atoms. The van der Waals surface area contributed by atoms with E-state index in [0.717, 1.165) is 25.0 Å². The first-order valence-corrected chi connectivity index (χ1v) is 9.26. The highest BCUT2D eigenvalue weighted by Gasteiger charge is 2.25. The van der Waals surface area contributed by atoms with Gasteiger partial charge in [-0.05, 0) is 38.3 Å². The summed E-state index contributed by atoms with van der Waals surface area (Å²) < 4.78 is 1.35. The average molecular weight is 386 g/mol. The Labute approximate surface area is 163 Å². The van der Waals surface area contributed by atoms with Gasteiger partial charge in [-0.3, -0.25) is 9.36 Å². The number of phenols is 1. The number of para-hydroxylation sites is 1. The third-order valence-corrected chi connectivity index (χ3v) is 4.78. The lowest BCUT2D eigenvalue weighted by molar-refractivity contribution is 0.0824. The number of benzene rings is 1. The van der Waals surface area contributed by atoms with E-state index in [0.29, 0.717) is 12.2 Å². The van der Waals surface area contributed by atoms with Crippen molar-refractivity contribution in [1.29, 1.82) is 0 Å². The van der Waals surface area contributed by atoms with Crippen LogP contribution in [-0.4, -0.2) is 44.8 Å². The van der Waals surface area contributed by atoms with Gasteiger partial charge in [-0.15, -0.1) is 0 Å². The van der Waals surface area contributed by atoms with Gasteiger partial charge in [-0.1, -0.05) is 12.1 Å². The highest BCUT2D eigenvalue weighted by atomic mass is 16.3. The number of phenolic OH excluding ortho intramolecular Hbond substituents is 1. The maximum absolute atomic E-state index is 12.3. The zero-order chi connectivity index (χ0) is 20.4. The lowest BCUT2D eigenvalue weighted by atomic mass is 10.1. The summed E-state index contributed by atoms with van der Waals surface area (Å²) in [6, 6.07) is 4.76. The zero-order valence-electron chi connectivity index (χ0n) is 16.3. The van der Waals surface area contributed by atoms with Gasteiger partial charge in [0.15, 0.2) is 5.75 Å². The van der Waals surface area contributed by atoms with Gasteiger partial charge >= 0.3 is 0 Å². The summed E-state index contributed by atoms with van der Waals surface area (Å²) >= 11 is 0. The second kappa shape index (κ2) is 7.75. The molecule has 28 heavy (non-hydrogen) atoms. The molecule has 8 nitrogen and oxygen atoms in total. The molecule has 2 aromatic rings. The van der Waals surface area contributed by atoms with Gasteiger partial charge in [0, 0.05) is 26.3 Å². The van der Waals surface area contributed by atoms with Gasteiger partial charge in [0.05, 0.1) is 11.3 Å². The van der Waals surface area contributed by atoms with Crippen molar-refractivity contribution in [1.82, 2.24) is 9.47 Å². The Morgan fingerprint density at radius 3 is 2.39 bits per heavy atom. The summed E-state index contributed by atoms with van der Waals surface area (Å²) in [4.78, 5) is 13.6. The highest BCUT2D eigenvalue weighted by Crippen LogP contribution is 2.46. The molecular formula is C20H26N4O4. The molecule has 1 aliphatic carbocycles. The van der Waals surface area contributed by atoms with Crippen LogP contribution in [0.5, 0.6) is 17.5 Å². The summed E-state index contributed by atoms with van der Waals surface area (Å²) in [6.45, 7) is 2.16. The van der Waals surface area contributed by atoms with E-state index in [2.05, 4.69) is 16.7 Å². The number of nitrogens with one attached hydrogen (secondary N) is 2. The molecular weight excluding hydrogens is 360 g/mol. The Morgan fingerprint density at radius 2 is 1.82 bits per heavy atom. The maximum Gasteiger partial charge on any atom is 0.257 e. The molecule has 0 atom stereocenters. The second-order valence-electron chi connectivity index (χ2n) is 6.91. The quantitative estimate of drug-likeness (QED) is 0.486. The number of amides is 1. The van der Waals surface area contributed by atoms with Crippen molar-refractivity contribution in [2.24, 2.45) is 0 Å². The van der Waals surface area contributed by atoms with E-state index in [1.54, 1.807) is 33.2 Å². The lowest BCUT2D eigenvalue weighted by Crippen LogP contribution is -2.21. The van der Waals surface area contributed by atoms with Crippen LogP contribution in [-0.2, 0) is 6.54 Å². The van der Waals surface area contributed by atoms with E-state index in [1.165, 1.54) is 15.5 Å². The molecule has 0 radical (unpaired) electrons. The largest absolute Gasteiger partial charge is 0.505 e. The summed E-state index contributed by atoms with van der Waals surface area (Å²) in [7, 11) is 3.20. The Balaban J connectivity index is 2.02. The molecule has 1 aromatic heterocycles. The minimum atomic E-state index is -0.339. The Kier molecular flexibility index (Phi) is 5.39. The summed E-state index contributed by atoms with van der Waals surface area (Å²) in [5.74, 6) is -0.829. The van der Waals surface area contributed by atoms with Crippen molar-refractivity contribution in [3.05, 3.63) is 35.5 Å². The molecule has 0 saturated carbocycles. The zero-order valence-corrected chi connectivity index (χ0v) is 16.3. The Morgan fingerprint density at radius 1 is 1.14 bits per heavy atom. The number of anilines is 3. The van der Waals surface area contributed by atoms with Crippen LogP contribution in [0.3, 0.4) is 0 Å². The van der Waals surface area contributed by atoms with Gasteiger partial charge in [0.1, 0.15) is 11.4 Å². The van der Waals surface area contributed by atoms with Crippen molar-refractivity contribution >= 4 is 23.0 Å². The molecule has 8 heteroatoms. The van der Waals surface area contributed by atoms with E-state index < -0.39 is 0 Å². The number of aromatic nitrogens is 1. The van der Waals surface area contributed by atoms with Crippen molar-refractivity contribution in [2.45, 2.75) is 32.7 Å². The van der Waals surface area contributed by atoms with Crippen molar-refractivity contribution in [3.8, 4) is 17.5 Å². The lowest BCUT2D eigenvalue weighted by Gasteiger charge is -2.15. The smallest absolute Gasteiger partial charge is 0.257 e. The molecule has 0 unspecified atom stereocenters. The number of hydrogen-bond acceptors (Lipinski definition) is 6. The molecule has 1 aliphatic rings. The van der Waals surface area contributed by atoms with E-state index in [4.69, 9.17) is 0 Å². The SMILES string of the molecule is CCn1c(O)c(NC2=CCCC2)c(Nc2cccc(C(=O)N(C)C)c2O)c1O. The van der Waals surface area contributed by atoms with E-state index in [9.17, 15) is 20.1 Å². The van der Waals surface area contributed by atoms with Crippen LogP contribution < -0.4 is 10.6 Å². The third kappa shape index (κ3) is 3.45. The van der Waals surface area contributed by atoms with Gasteiger partial charge in [-0.2, -0.15) is 0 Å². The minimum absolute atomic E-state index is 0.102. The maximum atomic E-state index is 12.3. The van der Waals surface area contributed by atoms with Gasteiger partial charge < -0.3 is 30.9 Å². The molecule has 1 amide bonds. The summed E-state index contributed by atoms with van der Waals surface area (Å²) in [5, 5.41) is 37.9. The molecule has 0 bridgehead atoms. The number of carbonyl (C=O) groups excluding carboxylic acids is 1. The minimum Gasteiger partial charge on any atom is -0.505 e. The molecule has 0 aliphatic heterocycles. The number of nitrogens with zero attached hydrogens (tertiary/aromatic N) is 2. The molecule has 0 fully saturated rings. The molecule has 1 heterocycles. The number of rotatable bonds is 6. The molecule has 3 rings (SSSR count). The molecule has 150 valence electrons.